The van der Waals surface area contributed by atoms with Gasteiger partial charge in [0, 0.05) is 38.2 Å². The minimum atomic E-state index is -0.605. The monoisotopic (exact) mass is 387 g/mol. The van der Waals surface area contributed by atoms with Gasteiger partial charge in [-0.1, -0.05) is 13.8 Å². The Hall–Kier alpha value is -1.73. The quantitative estimate of drug-likeness (QED) is 0.795. The van der Waals surface area contributed by atoms with Crippen LogP contribution in [-0.4, -0.2) is 70.8 Å². The Morgan fingerprint density at radius 3 is 2.54 bits per heavy atom. The molecule has 154 valence electrons. The Morgan fingerprint density at radius 1 is 1.14 bits per heavy atom. The zero-order valence-corrected chi connectivity index (χ0v) is 17.2. The lowest BCUT2D eigenvalue weighted by Crippen LogP contribution is -2.51. The van der Waals surface area contributed by atoms with Crippen molar-refractivity contribution in [3.8, 4) is 0 Å². The van der Waals surface area contributed by atoms with Crippen LogP contribution in [-0.2, 0) is 12.8 Å². The highest BCUT2D eigenvalue weighted by Gasteiger charge is 2.36. The maximum Gasteiger partial charge on any atom is 0.270 e. The van der Waals surface area contributed by atoms with E-state index in [1.807, 2.05) is 0 Å². The van der Waals surface area contributed by atoms with Gasteiger partial charge >= 0.3 is 0 Å². The Balaban J connectivity index is 1.53. The van der Waals surface area contributed by atoms with Crippen LogP contribution in [0.15, 0.2) is 0 Å². The van der Waals surface area contributed by atoms with E-state index in [-0.39, 0.29) is 5.91 Å². The number of hydrogen-bond donors (Lipinski definition) is 2. The summed E-state index contributed by atoms with van der Waals surface area (Å²) in [5, 5.41) is 14.0. The molecule has 0 aromatic carbocycles. The topological polar surface area (TPSA) is 81.6 Å². The SMILES string of the molecule is CC(C)Cc1nc2c(c(N3CCC(O)(CN4CCCC4)CC3)n1)CCNC2=O. The second-order valence-corrected chi connectivity index (χ2v) is 9.09. The van der Waals surface area contributed by atoms with Crippen LogP contribution in [0.2, 0.25) is 0 Å². The number of likely N-dealkylation sites (tertiary alicyclic amines) is 1. The van der Waals surface area contributed by atoms with E-state index in [0.717, 1.165) is 75.6 Å². The molecule has 0 spiro atoms. The molecule has 7 heteroatoms. The van der Waals surface area contributed by atoms with E-state index >= 15 is 0 Å². The number of fused-ring (bicyclic) bond motifs is 1. The summed E-state index contributed by atoms with van der Waals surface area (Å²) >= 11 is 0. The van der Waals surface area contributed by atoms with Crippen LogP contribution in [0.4, 0.5) is 5.82 Å². The van der Waals surface area contributed by atoms with Crippen molar-refractivity contribution in [1.82, 2.24) is 20.2 Å². The fraction of sp³-hybridized carbons (Fsp3) is 0.762. The lowest BCUT2D eigenvalue weighted by Gasteiger charge is -2.41. The number of carbonyl (C=O) groups excluding carboxylic acids is 1. The average molecular weight is 388 g/mol. The minimum absolute atomic E-state index is 0.0857. The number of hydrogen-bond acceptors (Lipinski definition) is 6. The van der Waals surface area contributed by atoms with Crippen LogP contribution in [0.1, 0.15) is 61.4 Å². The maximum absolute atomic E-state index is 12.4. The molecule has 2 N–H and O–H groups in total. The summed E-state index contributed by atoms with van der Waals surface area (Å²) in [6.07, 6.45) is 5.52. The number of carbonyl (C=O) groups is 1. The van der Waals surface area contributed by atoms with Crippen LogP contribution in [0.5, 0.6) is 0 Å². The molecular weight excluding hydrogens is 354 g/mol. The molecule has 0 saturated carbocycles. The largest absolute Gasteiger partial charge is 0.388 e. The van der Waals surface area contributed by atoms with Gasteiger partial charge in [-0.15, -0.1) is 0 Å². The third-order valence-corrected chi connectivity index (χ3v) is 6.21. The zero-order valence-electron chi connectivity index (χ0n) is 17.2. The summed E-state index contributed by atoms with van der Waals surface area (Å²) in [6, 6.07) is 0. The second kappa shape index (κ2) is 7.95. The van der Waals surface area contributed by atoms with Crippen molar-refractivity contribution in [2.45, 2.75) is 58.0 Å². The Kier molecular flexibility index (Phi) is 5.56. The summed E-state index contributed by atoms with van der Waals surface area (Å²) < 4.78 is 0. The normalized spacial score (nSPS) is 22.4. The van der Waals surface area contributed by atoms with Crippen molar-refractivity contribution in [3.63, 3.8) is 0 Å². The molecule has 3 aliphatic rings. The van der Waals surface area contributed by atoms with Crippen molar-refractivity contribution in [2.24, 2.45) is 5.92 Å². The highest BCUT2D eigenvalue weighted by Crippen LogP contribution is 2.31. The number of amides is 1. The molecule has 0 aliphatic carbocycles. The van der Waals surface area contributed by atoms with Crippen LogP contribution in [0.3, 0.4) is 0 Å². The number of nitrogens with zero attached hydrogens (tertiary/aromatic N) is 4. The molecule has 1 aromatic rings. The van der Waals surface area contributed by atoms with Gasteiger partial charge in [0.2, 0.25) is 0 Å². The molecule has 0 radical (unpaired) electrons. The minimum Gasteiger partial charge on any atom is -0.388 e. The van der Waals surface area contributed by atoms with E-state index < -0.39 is 5.60 Å². The van der Waals surface area contributed by atoms with Gasteiger partial charge in [-0.05, 0) is 51.1 Å². The summed E-state index contributed by atoms with van der Waals surface area (Å²) in [7, 11) is 0. The molecule has 3 aliphatic heterocycles. The highest BCUT2D eigenvalue weighted by molar-refractivity contribution is 5.96. The van der Waals surface area contributed by atoms with E-state index in [0.29, 0.717) is 18.2 Å². The van der Waals surface area contributed by atoms with E-state index in [4.69, 9.17) is 4.98 Å². The molecule has 1 aromatic heterocycles. The molecule has 0 atom stereocenters. The van der Waals surface area contributed by atoms with Gasteiger partial charge in [-0.2, -0.15) is 0 Å². The molecule has 7 nitrogen and oxygen atoms in total. The third kappa shape index (κ3) is 4.15. The third-order valence-electron chi connectivity index (χ3n) is 6.21. The first-order chi connectivity index (χ1) is 13.4. The summed E-state index contributed by atoms with van der Waals surface area (Å²) in [6.45, 7) is 9.47. The van der Waals surface area contributed by atoms with Gasteiger partial charge in [0.1, 0.15) is 17.3 Å². The Bertz CT molecular complexity index is 722. The number of piperidine rings is 1. The molecule has 0 bridgehead atoms. The van der Waals surface area contributed by atoms with Gasteiger partial charge in [-0.3, -0.25) is 4.79 Å². The number of anilines is 1. The second-order valence-electron chi connectivity index (χ2n) is 9.09. The van der Waals surface area contributed by atoms with Crippen molar-refractivity contribution in [1.29, 1.82) is 0 Å². The first-order valence-electron chi connectivity index (χ1n) is 10.8. The number of β-amino-alcohol motifs (C(OH)–C–C–N with tert-alkyl or cyclic N) is 1. The predicted molar refractivity (Wildman–Crippen MR) is 109 cm³/mol. The Morgan fingerprint density at radius 2 is 1.86 bits per heavy atom. The van der Waals surface area contributed by atoms with Crippen molar-refractivity contribution in [3.05, 3.63) is 17.1 Å². The van der Waals surface area contributed by atoms with E-state index in [2.05, 4.69) is 33.9 Å². The molecule has 4 rings (SSSR count). The van der Waals surface area contributed by atoms with E-state index in [1.54, 1.807) is 0 Å². The van der Waals surface area contributed by atoms with Crippen LogP contribution in [0, 0.1) is 5.92 Å². The first-order valence-corrected chi connectivity index (χ1v) is 10.8. The maximum atomic E-state index is 12.4. The number of aliphatic hydroxyl groups is 1. The molecule has 28 heavy (non-hydrogen) atoms. The summed E-state index contributed by atoms with van der Waals surface area (Å²) in [4.78, 5) is 26.5. The van der Waals surface area contributed by atoms with E-state index in [9.17, 15) is 9.90 Å². The van der Waals surface area contributed by atoms with Crippen LogP contribution < -0.4 is 10.2 Å². The molecule has 0 unspecified atom stereocenters. The van der Waals surface area contributed by atoms with Gasteiger partial charge in [0.25, 0.3) is 5.91 Å². The Labute approximate surface area is 167 Å². The van der Waals surface area contributed by atoms with Crippen molar-refractivity contribution >= 4 is 11.7 Å². The molecule has 2 saturated heterocycles. The van der Waals surface area contributed by atoms with Gasteiger partial charge in [0.05, 0.1) is 5.60 Å². The lowest BCUT2D eigenvalue weighted by atomic mass is 9.90. The van der Waals surface area contributed by atoms with Crippen LogP contribution in [0.25, 0.3) is 0 Å². The highest BCUT2D eigenvalue weighted by atomic mass is 16.3. The molecule has 2 fully saturated rings. The van der Waals surface area contributed by atoms with Crippen molar-refractivity contribution < 1.29 is 9.90 Å². The first kappa shape index (κ1) is 19.6. The molecular formula is C21H33N5O2. The number of nitrogens with one attached hydrogen (secondary N) is 1. The summed E-state index contributed by atoms with van der Waals surface area (Å²) in [5.41, 5.74) is 0.914. The summed E-state index contributed by atoms with van der Waals surface area (Å²) in [5.74, 6) is 2.01. The number of aromatic nitrogens is 2. The van der Waals surface area contributed by atoms with E-state index in [1.165, 1.54) is 12.8 Å². The smallest absolute Gasteiger partial charge is 0.270 e. The van der Waals surface area contributed by atoms with Gasteiger partial charge < -0.3 is 20.2 Å². The van der Waals surface area contributed by atoms with Gasteiger partial charge in [-0.25, -0.2) is 9.97 Å². The molecule has 4 heterocycles. The standard InChI is InChI=1S/C21H33N5O2/c1-15(2)13-17-23-18-16(5-8-22-20(18)27)19(24-17)26-11-6-21(28,7-12-26)14-25-9-3-4-10-25/h15,28H,3-14H2,1-2H3,(H,22,27). The fourth-order valence-corrected chi connectivity index (χ4v) is 4.69. The van der Waals surface area contributed by atoms with Gasteiger partial charge in [0.15, 0.2) is 0 Å². The zero-order chi connectivity index (χ0) is 19.7. The van der Waals surface area contributed by atoms with Crippen LogP contribution >= 0.6 is 0 Å². The fourth-order valence-electron chi connectivity index (χ4n) is 4.69. The molecule has 1 amide bonds. The number of rotatable bonds is 5. The predicted octanol–water partition coefficient (Wildman–Crippen LogP) is 1.39. The lowest BCUT2D eigenvalue weighted by molar-refractivity contribution is -0.0112. The average Bonchev–Trinajstić information content (AvgIpc) is 3.14. The van der Waals surface area contributed by atoms with Crippen molar-refractivity contribution in [2.75, 3.05) is 44.2 Å².